The number of hydrogen-bond donors (Lipinski definition) is 3. The third kappa shape index (κ3) is 9.17. The molecule has 2 heterocycles. The van der Waals surface area contributed by atoms with E-state index in [0.717, 1.165) is 22.3 Å². The first-order valence-electron chi connectivity index (χ1n) is 15.5. The Morgan fingerprint density at radius 2 is 1.14 bits per heavy atom. The summed E-state index contributed by atoms with van der Waals surface area (Å²) in [6.07, 6.45) is 5.13. The van der Waals surface area contributed by atoms with Crippen LogP contribution in [0, 0.1) is 0 Å². The van der Waals surface area contributed by atoms with Crippen LogP contribution in [0.5, 0.6) is 0 Å². The number of pyridine rings is 2. The third-order valence-corrected chi connectivity index (χ3v) is 9.19. The number of aromatic nitrogens is 2. The first-order chi connectivity index (χ1) is 23.4. The van der Waals surface area contributed by atoms with Gasteiger partial charge in [0.25, 0.3) is 5.91 Å². The van der Waals surface area contributed by atoms with Crippen LogP contribution in [-0.4, -0.2) is 63.2 Å². The molecular weight excluding hydrogens is 760 g/mol. The Bertz CT molecular complexity index is 1780. The average molecular weight is 797 g/mol. The number of nitrogens with two attached hydrogens (primary N) is 1. The fourth-order valence-electron chi connectivity index (χ4n) is 5.62. The SMILES string of the molecule is CCOC(=O)C1(N)Cc2ccccc2C1.CCOC(=O)C1(NC(=O)c2cccnc2Br)Cc2ccccc2C1.O=C(O)c1cccnc1Br. The minimum absolute atomic E-state index is 0.183. The standard InChI is InChI=1S/C18H17BrN2O3.C12H15NO2.C6H4BrNO2/c1-2-24-17(23)18(10-12-6-3-4-7-13(12)11-18)21-16(22)14-8-5-9-20-15(14)19;1-2-15-11(14)12(13)7-9-5-3-4-6-10(9)8-12;7-5-4(6(9)10)2-1-3-8-5/h3-9H,2,10-11H2,1H3,(H,21,22);3-6H,2,7-8,13H2,1H3;1-3H,(H,9,10). The largest absolute Gasteiger partial charge is 0.478 e. The van der Waals surface area contributed by atoms with Gasteiger partial charge < -0.3 is 25.6 Å². The van der Waals surface area contributed by atoms with E-state index in [1.165, 1.54) is 12.3 Å². The Hall–Kier alpha value is -4.46. The van der Waals surface area contributed by atoms with E-state index in [4.69, 9.17) is 20.3 Å². The van der Waals surface area contributed by atoms with Gasteiger partial charge in [0.1, 0.15) is 20.3 Å². The van der Waals surface area contributed by atoms with Crippen LogP contribution in [0.4, 0.5) is 0 Å². The average Bonchev–Trinajstić information content (AvgIpc) is 3.64. The Labute approximate surface area is 300 Å². The van der Waals surface area contributed by atoms with Gasteiger partial charge in [-0.1, -0.05) is 48.5 Å². The minimum Gasteiger partial charge on any atom is -0.478 e. The highest BCUT2D eigenvalue weighted by molar-refractivity contribution is 9.10. The van der Waals surface area contributed by atoms with E-state index in [1.54, 1.807) is 38.2 Å². The Balaban J connectivity index is 0.000000184. The number of carboxylic acid groups (broad SMARTS) is 1. The van der Waals surface area contributed by atoms with E-state index < -0.39 is 23.0 Å². The summed E-state index contributed by atoms with van der Waals surface area (Å²) in [5, 5.41) is 11.4. The molecule has 0 fully saturated rings. The van der Waals surface area contributed by atoms with Gasteiger partial charge in [0.05, 0.1) is 24.3 Å². The van der Waals surface area contributed by atoms with Gasteiger partial charge in [-0.3, -0.25) is 9.59 Å². The molecule has 4 aromatic rings. The summed E-state index contributed by atoms with van der Waals surface area (Å²) in [4.78, 5) is 55.2. The highest BCUT2D eigenvalue weighted by Crippen LogP contribution is 2.32. The van der Waals surface area contributed by atoms with Crippen LogP contribution in [0.15, 0.2) is 94.4 Å². The van der Waals surface area contributed by atoms with Gasteiger partial charge >= 0.3 is 17.9 Å². The summed E-state index contributed by atoms with van der Waals surface area (Å²) in [6, 6.07) is 22.2. The van der Waals surface area contributed by atoms with Crippen molar-refractivity contribution in [2.45, 2.75) is 50.6 Å². The van der Waals surface area contributed by atoms with Crippen LogP contribution in [0.1, 0.15) is 56.8 Å². The maximum Gasteiger partial charge on any atom is 0.338 e. The summed E-state index contributed by atoms with van der Waals surface area (Å²) in [7, 11) is 0. The van der Waals surface area contributed by atoms with E-state index >= 15 is 0 Å². The highest BCUT2D eigenvalue weighted by atomic mass is 79.9. The van der Waals surface area contributed by atoms with Crippen LogP contribution < -0.4 is 11.1 Å². The number of benzene rings is 2. The first-order valence-corrected chi connectivity index (χ1v) is 17.0. The fourth-order valence-corrected chi connectivity index (χ4v) is 6.47. The van der Waals surface area contributed by atoms with Gasteiger partial charge in [0.2, 0.25) is 0 Å². The maximum atomic E-state index is 12.7. The zero-order valence-electron chi connectivity index (χ0n) is 26.9. The molecular formula is C36H36Br2N4O7. The summed E-state index contributed by atoms with van der Waals surface area (Å²) >= 11 is 6.28. The second kappa shape index (κ2) is 16.8. The van der Waals surface area contributed by atoms with Gasteiger partial charge in [-0.15, -0.1) is 0 Å². The Kier molecular flexibility index (Phi) is 12.8. The maximum absolute atomic E-state index is 12.7. The van der Waals surface area contributed by atoms with Gasteiger partial charge in [0, 0.05) is 38.1 Å². The van der Waals surface area contributed by atoms with Crippen molar-refractivity contribution in [3.05, 3.63) is 128 Å². The van der Waals surface area contributed by atoms with Crippen molar-refractivity contribution in [1.29, 1.82) is 0 Å². The van der Waals surface area contributed by atoms with E-state index in [-0.39, 0.29) is 24.0 Å². The Morgan fingerprint density at radius 3 is 1.55 bits per heavy atom. The van der Waals surface area contributed by atoms with Crippen LogP contribution in [0.3, 0.4) is 0 Å². The minimum atomic E-state index is -1.08. The second-order valence-corrected chi connectivity index (χ2v) is 12.9. The van der Waals surface area contributed by atoms with Crippen LogP contribution in [0.2, 0.25) is 0 Å². The monoisotopic (exact) mass is 794 g/mol. The number of fused-ring (bicyclic) bond motifs is 2. The molecule has 0 aliphatic heterocycles. The number of rotatable bonds is 7. The third-order valence-electron chi connectivity index (χ3n) is 7.93. The molecule has 11 nitrogen and oxygen atoms in total. The number of aromatic carboxylic acids is 1. The lowest BCUT2D eigenvalue weighted by atomic mass is 9.95. The normalized spacial score (nSPS) is 14.4. The van der Waals surface area contributed by atoms with Gasteiger partial charge in [0.15, 0.2) is 0 Å². The molecule has 0 saturated carbocycles. The molecule has 2 aliphatic carbocycles. The number of carboxylic acids is 1. The molecule has 2 aromatic heterocycles. The predicted molar refractivity (Wildman–Crippen MR) is 189 cm³/mol. The number of nitrogens with one attached hydrogen (secondary N) is 1. The molecule has 13 heteroatoms. The highest BCUT2D eigenvalue weighted by Gasteiger charge is 2.46. The number of amides is 1. The number of nitrogens with zero attached hydrogens (tertiary/aromatic N) is 2. The molecule has 256 valence electrons. The van der Waals surface area contributed by atoms with E-state index in [9.17, 15) is 19.2 Å². The smallest absolute Gasteiger partial charge is 0.338 e. The summed E-state index contributed by atoms with van der Waals surface area (Å²) in [6.45, 7) is 4.20. The quantitative estimate of drug-likeness (QED) is 0.166. The molecule has 0 radical (unpaired) electrons. The molecule has 49 heavy (non-hydrogen) atoms. The molecule has 2 aromatic carbocycles. The molecule has 0 unspecified atom stereocenters. The van der Waals surface area contributed by atoms with Gasteiger partial charge in [-0.05, 0) is 92.2 Å². The van der Waals surface area contributed by atoms with E-state index in [2.05, 4.69) is 47.1 Å². The zero-order valence-corrected chi connectivity index (χ0v) is 30.1. The number of halogens is 2. The van der Waals surface area contributed by atoms with Crippen molar-refractivity contribution >= 4 is 55.7 Å². The van der Waals surface area contributed by atoms with Crippen molar-refractivity contribution < 1.29 is 33.8 Å². The van der Waals surface area contributed by atoms with Crippen molar-refractivity contribution in [3.63, 3.8) is 0 Å². The lowest BCUT2D eigenvalue weighted by Crippen LogP contribution is -2.56. The number of ether oxygens (including phenoxy) is 2. The summed E-state index contributed by atoms with van der Waals surface area (Å²) in [5.74, 6) is -2.02. The lowest BCUT2D eigenvalue weighted by Gasteiger charge is -2.28. The van der Waals surface area contributed by atoms with E-state index in [1.807, 2.05) is 48.5 Å². The number of hydrogen-bond acceptors (Lipinski definition) is 9. The second-order valence-electron chi connectivity index (χ2n) is 11.4. The molecule has 4 N–H and O–H groups in total. The number of carbonyl (C=O) groups excluding carboxylic acids is 3. The summed E-state index contributed by atoms with van der Waals surface area (Å²) < 4.78 is 11.0. The van der Waals surface area contributed by atoms with Crippen molar-refractivity contribution in [1.82, 2.24) is 15.3 Å². The van der Waals surface area contributed by atoms with E-state index in [0.29, 0.717) is 47.1 Å². The molecule has 6 rings (SSSR count). The fraction of sp³-hybridized carbons (Fsp3) is 0.278. The van der Waals surface area contributed by atoms with Crippen LogP contribution in [-0.2, 0) is 44.7 Å². The predicted octanol–water partition coefficient (Wildman–Crippen LogP) is 5.26. The Morgan fingerprint density at radius 1 is 0.714 bits per heavy atom. The molecule has 0 saturated heterocycles. The van der Waals surface area contributed by atoms with Gasteiger partial charge in [-0.25, -0.2) is 19.6 Å². The topological polar surface area (TPSA) is 171 Å². The molecule has 2 aliphatic rings. The lowest BCUT2D eigenvalue weighted by molar-refractivity contribution is -0.150. The summed E-state index contributed by atoms with van der Waals surface area (Å²) in [5.41, 5.74) is 9.13. The number of carbonyl (C=O) groups is 4. The van der Waals surface area contributed by atoms with Crippen LogP contribution >= 0.6 is 31.9 Å². The number of esters is 2. The molecule has 0 bridgehead atoms. The van der Waals surface area contributed by atoms with Crippen molar-refractivity contribution in [2.24, 2.45) is 5.73 Å². The molecule has 0 spiro atoms. The molecule has 0 atom stereocenters. The molecule has 1 amide bonds. The van der Waals surface area contributed by atoms with Gasteiger partial charge in [-0.2, -0.15) is 0 Å². The van der Waals surface area contributed by atoms with Crippen LogP contribution in [0.25, 0.3) is 0 Å². The zero-order chi connectivity index (χ0) is 35.6. The van der Waals surface area contributed by atoms with Crippen molar-refractivity contribution in [2.75, 3.05) is 13.2 Å². The first kappa shape index (κ1) is 37.4. The van der Waals surface area contributed by atoms with Crippen molar-refractivity contribution in [3.8, 4) is 0 Å².